The van der Waals surface area contributed by atoms with Crippen molar-refractivity contribution in [3.63, 3.8) is 0 Å². The summed E-state index contributed by atoms with van der Waals surface area (Å²) in [6.07, 6.45) is 3.90. The van der Waals surface area contributed by atoms with Crippen LogP contribution in [0.4, 0.5) is 0 Å². The fourth-order valence-electron chi connectivity index (χ4n) is 1.78. The fraction of sp³-hybridized carbons (Fsp3) is 1.00. The van der Waals surface area contributed by atoms with Gasteiger partial charge in [0.1, 0.15) is 0 Å². The van der Waals surface area contributed by atoms with Crippen LogP contribution in [0.1, 0.15) is 33.1 Å². The van der Waals surface area contributed by atoms with E-state index in [1.54, 1.807) is 0 Å². The van der Waals surface area contributed by atoms with Crippen molar-refractivity contribution in [2.24, 2.45) is 0 Å². The first-order valence-electron chi connectivity index (χ1n) is 6.80. The Bertz CT molecular complexity index is 170. The third kappa shape index (κ3) is 8.55. The van der Waals surface area contributed by atoms with Crippen LogP contribution in [0.25, 0.3) is 0 Å². The lowest BCUT2D eigenvalue weighted by molar-refractivity contribution is -0.0305. The van der Waals surface area contributed by atoms with E-state index in [1.165, 1.54) is 0 Å². The summed E-state index contributed by atoms with van der Waals surface area (Å²) in [6, 6.07) is 0. The van der Waals surface area contributed by atoms with Crippen molar-refractivity contribution >= 4 is 0 Å². The average molecular weight is 245 g/mol. The Morgan fingerprint density at radius 1 is 1.18 bits per heavy atom. The second kappa shape index (κ2) is 9.83. The second-order valence-corrected chi connectivity index (χ2v) is 4.71. The number of hydrogen-bond acceptors (Lipinski definition) is 4. The monoisotopic (exact) mass is 245 g/mol. The molecule has 0 aromatic carbocycles. The molecule has 4 heteroatoms. The quantitative estimate of drug-likeness (QED) is 0.626. The molecule has 0 aliphatic carbocycles. The summed E-state index contributed by atoms with van der Waals surface area (Å²) in [5.41, 5.74) is 0. The van der Waals surface area contributed by atoms with E-state index in [0.717, 1.165) is 58.8 Å². The molecule has 1 fully saturated rings. The molecule has 1 heterocycles. The molecule has 0 aromatic rings. The topological polar surface area (TPSA) is 39.7 Å². The summed E-state index contributed by atoms with van der Waals surface area (Å²) in [7, 11) is 0. The van der Waals surface area contributed by atoms with Gasteiger partial charge in [0.2, 0.25) is 0 Å². The summed E-state index contributed by atoms with van der Waals surface area (Å²) in [4.78, 5) is 0. The van der Waals surface area contributed by atoms with Gasteiger partial charge in [-0.15, -0.1) is 0 Å². The molecule has 0 radical (unpaired) electrons. The Balaban J connectivity index is 1.78. The Hall–Kier alpha value is -0.160. The van der Waals surface area contributed by atoms with Crippen molar-refractivity contribution in [3.8, 4) is 0 Å². The molecular weight excluding hydrogens is 218 g/mol. The van der Waals surface area contributed by atoms with E-state index in [9.17, 15) is 0 Å². The predicted octanol–water partition coefficient (Wildman–Crippen LogP) is 1.59. The van der Waals surface area contributed by atoms with E-state index < -0.39 is 0 Å². The summed E-state index contributed by atoms with van der Waals surface area (Å²) >= 11 is 0. The molecule has 0 amide bonds. The Kier molecular flexibility index (Phi) is 8.61. The van der Waals surface area contributed by atoms with Crippen molar-refractivity contribution in [3.05, 3.63) is 0 Å². The zero-order valence-corrected chi connectivity index (χ0v) is 11.2. The Morgan fingerprint density at radius 3 is 2.65 bits per heavy atom. The molecule has 1 aliphatic rings. The van der Waals surface area contributed by atoms with Gasteiger partial charge in [-0.1, -0.05) is 0 Å². The first-order chi connectivity index (χ1) is 8.29. The molecule has 0 bridgehead atoms. The number of nitrogens with one attached hydrogen (secondary N) is 1. The molecular formula is C13H27NO3. The summed E-state index contributed by atoms with van der Waals surface area (Å²) in [5.74, 6) is 0. The van der Waals surface area contributed by atoms with Crippen molar-refractivity contribution in [2.75, 3.05) is 39.5 Å². The van der Waals surface area contributed by atoms with Crippen LogP contribution in [-0.2, 0) is 14.2 Å². The standard InChI is InChI=1S/C13H27NO3/c1-12(2)16-8-3-6-14-7-11-17-13-4-9-15-10-5-13/h12-14H,3-11H2,1-2H3. The Morgan fingerprint density at radius 2 is 1.94 bits per heavy atom. The maximum atomic E-state index is 5.75. The van der Waals surface area contributed by atoms with Gasteiger partial charge in [-0.2, -0.15) is 0 Å². The van der Waals surface area contributed by atoms with Gasteiger partial charge in [0.25, 0.3) is 0 Å². The van der Waals surface area contributed by atoms with Crippen LogP contribution in [0.3, 0.4) is 0 Å². The van der Waals surface area contributed by atoms with Crippen molar-refractivity contribution in [1.82, 2.24) is 5.32 Å². The van der Waals surface area contributed by atoms with E-state index in [-0.39, 0.29) is 0 Å². The molecule has 0 unspecified atom stereocenters. The smallest absolute Gasteiger partial charge is 0.0619 e. The van der Waals surface area contributed by atoms with Crippen LogP contribution >= 0.6 is 0 Å². The highest BCUT2D eigenvalue weighted by atomic mass is 16.5. The second-order valence-electron chi connectivity index (χ2n) is 4.71. The highest BCUT2D eigenvalue weighted by Crippen LogP contribution is 2.09. The highest BCUT2D eigenvalue weighted by Gasteiger charge is 2.13. The Labute approximate surface area is 105 Å². The van der Waals surface area contributed by atoms with Crippen LogP contribution in [0.15, 0.2) is 0 Å². The van der Waals surface area contributed by atoms with Gasteiger partial charge in [0.15, 0.2) is 0 Å². The third-order valence-electron chi connectivity index (χ3n) is 2.75. The van der Waals surface area contributed by atoms with Gasteiger partial charge in [0.05, 0.1) is 18.8 Å². The van der Waals surface area contributed by atoms with Crippen LogP contribution in [0, 0.1) is 0 Å². The third-order valence-corrected chi connectivity index (χ3v) is 2.75. The van der Waals surface area contributed by atoms with Crippen LogP contribution in [-0.4, -0.2) is 51.7 Å². The van der Waals surface area contributed by atoms with Gasteiger partial charge in [-0.3, -0.25) is 0 Å². The zero-order chi connectivity index (χ0) is 12.3. The first-order valence-corrected chi connectivity index (χ1v) is 6.80. The number of hydrogen-bond donors (Lipinski definition) is 1. The average Bonchev–Trinajstić information content (AvgIpc) is 2.33. The highest BCUT2D eigenvalue weighted by molar-refractivity contribution is 4.62. The van der Waals surface area contributed by atoms with Gasteiger partial charge >= 0.3 is 0 Å². The molecule has 1 rings (SSSR count). The largest absolute Gasteiger partial charge is 0.381 e. The number of ether oxygens (including phenoxy) is 3. The van der Waals surface area contributed by atoms with Crippen LogP contribution in [0.2, 0.25) is 0 Å². The lowest BCUT2D eigenvalue weighted by Crippen LogP contribution is -2.28. The first kappa shape index (κ1) is 14.9. The molecule has 17 heavy (non-hydrogen) atoms. The van der Waals surface area contributed by atoms with E-state index in [2.05, 4.69) is 19.2 Å². The zero-order valence-electron chi connectivity index (χ0n) is 11.2. The maximum absolute atomic E-state index is 5.75. The molecule has 1 saturated heterocycles. The minimum Gasteiger partial charge on any atom is -0.381 e. The van der Waals surface area contributed by atoms with Crippen LogP contribution < -0.4 is 5.32 Å². The van der Waals surface area contributed by atoms with Crippen LogP contribution in [0.5, 0.6) is 0 Å². The summed E-state index contributed by atoms with van der Waals surface area (Å²) in [5, 5.41) is 3.36. The van der Waals surface area contributed by atoms with Crippen molar-refractivity contribution in [1.29, 1.82) is 0 Å². The molecule has 102 valence electrons. The fourth-order valence-corrected chi connectivity index (χ4v) is 1.78. The maximum Gasteiger partial charge on any atom is 0.0619 e. The van der Waals surface area contributed by atoms with E-state index in [1.807, 2.05) is 0 Å². The molecule has 1 N–H and O–H groups in total. The van der Waals surface area contributed by atoms with Gasteiger partial charge < -0.3 is 19.5 Å². The molecule has 1 aliphatic heterocycles. The molecule has 0 saturated carbocycles. The lowest BCUT2D eigenvalue weighted by atomic mass is 10.2. The molecule has 0 spiro atoms. The molecule has 0 aromatic heterocycles. The van der Waals surface area contributed by atoms with Crippen molar-refractivity contribution < 1.29 is 14.2 Å². The lowest BCUT2D eigenvalue weighted by Gasteiger charge is -2.22. The normalized spacial score (nSPS) is 17.8. The van der Waals surface area contributed by atoms with Gasteiger partial charge in [0, 0.05) is 26.4 Å². The molecule has 4 nitrogen and oxygen atoms in total. The van der Waals surface area contributed by atoms with E-state index >= 15 is 0 Å². The SMILES string of the molecule is CC(C)OCCCNCCOC1CCOCC1. The van der Waals surface area contributed by atoms with Gasteiger partial charge in [-0.05, 0) is 39.7 Å². The van der Waals surface area contributed by atoms with E-state index in [0.29, 0.717) is 12.2 Å². The minimum absolute atomic E-state index is 0.340. The predicted molar refractivity (Wildman–Crippen MR) is 68.4 cm³/mol. The minimum atomic E-state index is 0.340. The van der Waals surface area contributed by atoms with E-state index in [4.69, 9.17) is 14.2 Å². The van der Waals surface area contributed by atoms with Gasteiger partial charge in [-0.25, -0.2) is 0 Å². The van der Waals surface area contributed by atoms with Crippen molar-refractivity contribution in [2.45, 2.75) is 45.3 Å². The molecule has 0 atom stereocenters. The summed E-state index contributed by atoms with van der Waals surface area (Å²) < 4.78 is 16.5. The summed E-state index contributed by atoms with van der Waals surface area (Å²) in [6.45, 7) is 9.41. The number of rotatable bonds is 9.